The van der Waals surface area contributed by atoms with Crippen LogP contribution >= 0.6 is 27.5 Å². The molecule has 2 aromatic rings. The van der Waals surface area contributed by atoms with E-state index in [2.05, 4.69) is 58.8 Å². The average Bonchev–Trinajstić information content (AvgIpc) is 2.37. The molecule has 0 bridgehead atoms. The molecule has 0 atom stereocenters. The van der Waals surface area contributed by atoms with E-state index < -0.39 is 0 Å². The first-order valence-corrected chi connectivity index (χ1v) is 7.89. The zero-order valence-corrected chi connectivity index (χ0v) is 14.3. The van der Waals surface area contributed by atoms with Crippen LogP contribution in [-0.2, 0) is 12.8 Å². The zero-order chi connectivity index (χ0) is 14.7. The van der Waals surface area contributed by atoms with Gasteiger partial charge in [0.25, 0.3) is 0 Å². The minimum absolute atomic E-state index is 0.499. The molecule has 0 N–H and O–H groups in total. The molecule has 0 saturated heterocycles. The second-order valence-electron chi connectivity index (χ2n) is 5.39. The molecule has 0 aliphatic rings. The fourth-order valence-corrected chi connectivity index (χ4v) is 2.64. The number of rotatable bonds is 4. The molecule has 0 amide bonds. The van der Waals surface area contributed by atoms with Gasteiger partial charge in [-0.2, -0.15) is 0 Å². The summed E-state index contributed by atoms with van der Waals surface area (Å²) in [5.41, 5.74) is 3.48. The summed E-state index contributed by atoms with van der Waals surface area (Å²) in [6, 6.07) is 8.29. The SMILES string of the molecule is Cc1ccccc1Cc1nc(Cl)c(Br)c(CC(C)C)n1. The summed E-state index contributed by atoms with van der Waals surface area (Å²) in [7, 11) is 0. The Morgan fingerprint density at radius 2 is 1.90 bits per heavy atom. The van der Waals surface area contributed by atoms with E-state index in [9.17, 15) is 0 Å². The summed E-state index contributed by atoms with van der Waals surface area (Å²) < 4.78 is 0.821. The van der Waals surface area contributed by atoms with Crippen LogP contribution in [0.25, 0.3) is 0 Å². The van der Waals surface area contributed by atoms with Crippen molar-refractivity contribution in [2.45, 2.75) is 33.6 Å². The second kappa shape index (κ2) is 6.68. The van der Waals surface area contributed by atoms with E-state index in [0.29, 0.717) is 17.5 Å². The maximum absolute atomic E-state index is 6.21. The Labute approximate surface area is 133 Å². The highest BCUT2D eigenvalue weighted by molar-refractivity contribution is 9.10. The van der Waals surface area contributed by atoms with Gasteiger partial charge in [0.2, 0.25) is 0 Å². The summed E-state index contributed by atoms with van der Waals surface area (Å²) in [6.07, 6.45) is 1.61. The highest BCUT2D eigenvalue weighted by Gasteiger charge is 2.13. The molecule has 0 unspecified atom stereocenters. The first-order chi connectivity index (χ1) is 9.47. The number of hydrogen-bond acceptors (Lipinski definition) is 2. The van der Waals surface area contributed by atoms with Gasteiger partial charge < -0.3 is 0 Å². The number of nitrogens with zero attached hydrogens (tertiary/aromatic N) is 2. The lowest BCUT2D eigenvalue weighted by Gasteiger charge is -2.11. The minimum Gasteiger partial charge on any atom is -0.236 e. The molecule has 2 rings (SSSR count). The van der Waals surface area contributed by atoms with E-state index in [-0.39, 0.29) is 0 Å². The van der Waals surface area contributed by atoms with E-state index in [0.717, 1.165) is 22.4 Å². The van der Waals surface area contributed by atoms with Gasteiger partial charge in [0.05, 0.1) is 10.2 Å². The Hall–Kier alpha value is -0.930. The number of hydrogen-bond donors (Lipinski definition) is 0. The third-order valence-corrected chi connectivity index (χ3v) is 4.47. The molecule has 0 saturated carbocycles. The van der Waals surface area contributed by atoms with E-state index in [1.54, 1.807) is 0 Å². The lowest BCUT2D eigenvalue weighted by atomic mass is 10.1. The van der Waals surface area contributed by atoms with Gasteiger partial charge >= 0.3 is 0 Å². The van der Waals surface area contributed by atoms with Crippen molar-refractivity contribution in [3.05, 3.63) is 56.5 Å². The van der Waals surface area contributed by atoms with E-state index >= 15 is 0 Å². The molecule has 0 spiro atoms. The van der Waals surface area contributed by atoms with Gasteiger partial charge in [-0.1, -0.05) is 49.7 Å². The predicted molar refractivity (Wildman–Crippen MR) is 87.3 cm³/mol. The fourth-order valence-electron chi connectivity index (χ4n) is 2.09. The van der Waals surface area contributed by atoms with Gasteiger partial charge in [-0.05, 0) is 46.3 Å². The number of aryl methyl sites for hydroxylation is 1. The Bertz CT molecular complexity index is 611. The standard InChI is InChI=1S/C16H18BrClN2/c1-10(2)8-13-15(17)16(18)20-14(19-13)9-12-7-5-4-6-11(12)3/h4-7,10H,8-9H2,1-3H3. The van der Waals surface area contributed by atoms with Crippen LogP contribution in [-0.4, -0.2) is 9.97 Å². The summed E-state index contributed by atoms with van der Waals surface area (Å²) in [5, 5.41) is 0.499. The van der Waals surface area contributed by atoms with Crippen LogP contribution in [0.3, 0.4) is 0 Å². The lowest BCUT2D eigenvalue weighted by Crippen LogP contribution is -2.06. The number of aromatic nitrogens is 2. The smallest absolute Gasteiger partial charge is 0.147 e. The molecule has 106 valence electrons. The van der Waals surface area contributed by atoms with Crippen LogP contribution in [0.1, 0.15) is 36.5 Å². The van der Waals surface area contributed by atoms with Crippen LogP contribution in [0, 0.1) is 12.8 Å². The van der Waals surface area contributed by atoms with Gasteiger partial charge in [0.15, 0.2) is 0 Å². The number of halogens is 2. The first-order valence-electron chi connectivity index (χ1n) is 6.72. The largest absolute Gasteiger partial charge is 0.236 e. The van der Waals surface area contributed by atoms with Gasteiger partial charge in [0.1, 0.15) is 11.0 Å². The molecule has 20 heavy (non-hydrogen) atoms. The van der Waals surface area contributed by atoms with Crippen molar-refractivity contribution in [2.75, 3.05) is 0 Å². The zero-order valence-electron chi connectivity index (χ0n) is 12.0. The van der Waals surface area contributed by atoms with Gasteiger partial charge in [-0.15, -0.1) is 0 Å². The molecule has 2 nitrogen and oxygen atoms in total. The monoisotopic (exact) mass is 352 g/mol. The van der Waals surface area contributed by atoms with Crippen LogP contribution in [0.4, 0.5) is 0 Å². The molecule has 1 heterocycles. The minimum atomic E-state index is 0.499. The Balaban J connectivity index is 2.33. The van der Waals surface area contributed by atoms with Crippen molar-refractivity contribution in [3.63, 3.8) is 0 Å². The maximum atomic E-state index is 6.21. The molecule has 4 heteroatoms. The topological polar surface area (TPSA) is 25.8 Å². The molecule has 1 aromatic heterocycles. The van der Waals surface area contributed by atoms with Gasteiger partial charge in [-0.3, -0.25) is 0 Å². The molecule has 0 aliphatic heterocycles. The fraction of sp³-hybridized carbons (Fsp3) is 0.375. The third kappa shape index (κ3) is 3.80. The van der Waals surface area contributed by atoms with Gasteiger partial charge in [-0.25, -0.2) is 9.97 Å². The van der Waals surface area contributed by atoms with Crippen molar-refractivity contribution in [3.8, 4) is 0 Å². The Kier molecular flexibility index (Phi) is 5.17. The predicted octanol–water partition coefficient (Wildman–Crippen LogP) is 4.99. The van der Waals surface area contributed by atoms with Gasteiger partial charge in [0, 0.05) is 6.42 Å². The molecular weight excluding hydrogens is 336 g/mol. The lowest BCUT2D eigenvalue weighted by molar-refractivity contribution is 0.628. The van der Waals surface area contributed by atoms with Crippen molar-refractivity contribution in [1.82, 2.24) is 9.97 Å². The summed E-state index contributed by atoms with van der Waals surface area (Å²) in [4.78, 5) is 9.05. The van der Waals surface area contributed by atoms with Crippen LogP contribution in [0.2, 0.25) is 5.15 Å². The van der Waals surface area contributed by atoms with E-state index in [1.807, 2.05) is 12.1 Å². The summed E-state index contributed by atoms with van der Waals surface area (Å²) in [5.74, 6) is 1.31. The second-order valence-corrected chi connectivity index (χ2v) is 6.54. The Morgan fingerprint density at radius 3 is 2.55 bits per heavy atom. The third-order valence-electron chi connectivity index (χ3n) is 3.14. The molecule has 0 fully saturated rings. The summed E-state index contributed by atoms with van der Waals surface area (Å²) >= 11 is 9.70. The molecular formula is C16H18BrClN2. The highest BCUT2D eigenvalue weighted by atomic mass is 79.9. The van der Waals surface area contributed by atoms with Crippen molar-refractivity contribution in [1.29, 1.82) is 0 Å². The van der Waals surface area contributed by atoms with E-state index in [4.69, 9.17) is 11.6 Å². The maximum Gasteiger partial charge on any atom is 0.147 e. The van der Waals surface area contributed by atoms with E-state index in [1.165, 1.54) is 11.1 Å². The van der Waals surface area contributed by atoms with Crippen LogP contribution in [0.5, 0.6) is 0 Å². The van der Waals surface area contributed by atoms with Crippen LogP contribution in [0.15, 0.2) is 28.7 Å². The summed E-state index contributed by atoms with van der Waals surface area (Å²) in [6.45, 7) is 6.44. The molecule has 1 aromatic carbocycles. The first kappa shape index (κ1) is 15.5. The van der Waals surface area contributed by atoms with Crippen molar-refractivity contribution >= 4 is 27.5 Å². The van der Waals surface area contributed by atoms with Crippen molar-refractivity contribution < 1.29 is 0 Å². The Morgan fingerprint density at radius 1 is 1.20 bits per heavy atom. The molecule has 0 radical (unpaired) electrons. The normalized spacial score (nSPS) is 11.1. The average molecular weight is 354 g/mol. The molecule has 0 aliphatic carbocycles. The number of benzene rings is 1. The highest BCUT2D eigenvalue weighted by Crippen LogP contribution is 2.26. The van der Waals surface area contributed by atoms with Crippen molar-refractivity contribution in [2.24, 2.45) is 5.92 Å². The van der Waals surface area contributed by atoms with Crippen LogP contribution < -0.4 is 0 Å². The quantitative estimate of drug-likeness (QED) is 0.724.